The molecule has 1 aromatic carbocycles. The Morgan fingerprint density at radius 2 is 1.77 bits per heavy atom. The van der Waals surface area contributed by atoms with Crippen LogP contribution >= 0.6 is 0 Å². The van der Waals surface area contributed by atoms with Crippen molar-refractivity contribution in [2.45, 2.75) is 30.7 Å². The number of hydrogen-bond acceptors (Lipinski definition) is 4. The van der Waals surface area contributed by atoms with Crippen molar-refractivity contribution in [1.82, 2.24) is 14.5 Å². The number of piperazine rings is 1. The summed E-state index contributed by atoms with van der Waals surface area (Å²) in [6.07, 6.45) is 0.814. The fourth-order valence-corrected chi connectivity index (χ4v) is 4.89. The van der Waals surface area contributed by atoms with E-state index in [-0.39, 0.29) is 35.7 Å². The smallest absolute Gasteiger partial charge is 0.243 e. The minimum absolute atomic E-state index is 0.0463. The Morgan fingerprint density at radius 1 is 1.15 bits per heavy atom. The summed E-state index contributed by atoms with van der Waals surface area (Å²) in [5.74, 6) is -1.04. The second kappa shape index (κ2) is 7.32. The van der Waals surface area contributed by atoms with Crippen molar-refractivity contribution in [3.63, 3.8) is 0 Å². The van der Waals surface area contributed by atoms with E-state index in [4.69, 9.17) is 0 Å². The van der Waals surface area contributed by atoms with Crippen LogP contribution in [0.2, 0.25) is 0 Å². The highest BCUT2D eigenvalue weighted by Crippen LogP contribution is 2.26. The molecule has 7 nitrogen and oxygen atoms in total. The van der Waals surface area contributed by atoms with E-state index in [1.165, 1.54) is 16.4 Å². The van der Waals surface area contributed by atoms with Gasteiger partial charge in [-0.2, -0.15) is 4.31 Å². The summed E-state index contributed by atoms with van der Waals surface area (Å²) in [4.78, 5) is 26.1. The fraction of sp³-hybridized carbons (Fsp3) is 0.529. The lowest BCUT2D eigenvalue weighted by molar-refractivity contribution is -0.146. The van der Waals surface area contributed by atoms with E-state index >= 15 is 0 Å². The van der Waals surface area contributed by atoms with Gasteiger partial charge in [0.25, 0.3) is 0 Å². The third-order valence-corrected chi connectivity index (χ3v) is 6.95. The van der Waals surface area contributed by atoms with E-state index in [0.29, 0.717) is 25.9 Å². The highest BCUT2D eigenvalue weighted by atomic mass is 32.2. The van der Waals surface area contributed by atoms with E-state index in [0.717, 1.165) is 12.1 Å². The number of sulfonamides is 1. The Bertz CT molecular complexity index is 789. The molecule has 1 N–H and O–H groups in total. The van der Waals surface area contributed by atoms with Crippen LogP contribution < -0.4 is 5.32 Å². The molecule has 3 rings (SSSR count). The van der Waals surface area contributed by atoms with Crippen LogP contribution in [0, 0.1) is 11.7 Å². The number of carbonyl (C=O) groups excluding carboxylic acids is 2. The van der Waals surface area contributed by atoms with Gasteiger partial charge in [0.1, 0.15) is 11.9 Å². The first kappa shape index (κ1) is 18.8. The molecule has 1 atom stereocenters. The molecule has 0 saturated carbocycles. The van der Waals surface area contributed by atoms with E-state index in [1.807, 2.05) is 0 Å². The van der Waals surface area contributed by atoms with Crippen LogP contribution in [0.4, 0.5) is 4.39 Å². The molecule has 1 unspecified atom stereocenters. The molecule has 2 saturated heterocycles. The maximum absolute atomic E-state index is 13.0. The maximum atomic E-state index is 13.0. The number of nitrogens with one attached hydrogen (secondary N) is 1. The first-order chi connectivity index (χ1) is 12.3. The van der Waals surface area contributed by atoms with Gasteiger partial charge in [-0.1, -0.05) is 0 Å². The highest BCUT2D eigenvalue weighted by Gasteiger charge is 2.37. The van der Waals surface area contributed by atoms with Gasteiger partial charge in [0.2, 0.25) is 21.8 Å². The summed E-state index contributed by atoms with van der Waals surface area (Å²) >= 11 is 0. The Balaban J connectivity index is 1.64. The summed E-state index contributed by atoms with van der Waals surface area (Å²) < 4.78 is 39.6. The molecular weight excluding hydrogens is 361 g/mol. The van der Waals surface area contributed by atoms with Gasteiger partial charge in [0, 0.05) is 32.1 Å². The van der Waals surface area contributed by atoms with Gasteiger partial charge in [-0.25, -0.2) is 12.8 Å². The molecular formula is C17H22FN3O4S. The van der Waals surface area contributed by atoms with E-state index in [1.54, 1.807) is 11.8 Å². The third kappa shape index (κ3) is 3.59. The van der Waals surface area contributed by atoms with Crippen molar-refractivity contribution in [3.8, 4) is 0 Å². The van der Waals surface area contributed by atoms with Crippen LogP contribution in [-0.4, -0.2) is 61.7 Å². The maximum Gasteiger partial charge on any atom is 0.243 e. The first-order valence-electron chi connectivity index (χ1n) is 8.64. The molecule has 2 amide bonds. The molecule has 2 heterocycles. The predicted octanol–water partition coefficient (Wildman–Crippen LogP) is 0.573. The molecule has 0 bridgehead atoms. The lowest BCUT2D eigenvalue weighted by Gasteiger charge is -2.37. The molecule has 26 heavy (non-hydrogen) atoms. The van der Waals surface area contributed by atoms with Gasteiger partial charge in [-0.15, -0.1) is 0 Å². The van der Waals surface area contributed by atoms with Gasteiger partial charge in [-0.3, -0.25) is 9.59 Å². The minimum atomic E-state index is -3.69. The molecule has 2 aliphatic heterocycles. The Hall–Kier alpha value is -2.00. The first-order valence-corrected chi connectivity index (χ1v) is 10.1. The van der Waals surface area contributed by atoms with Crippen molar-refractivity contribution in [2.75, 3.05) is 26.2 Å². The molecule has 0 spiro atoms. The average molecular weight is 383 g/mol. The van der Waals surface area contributed by atoms with Gasteiger partial charge in [0.05, 0.1) is 4.90 Å². The van der Waals surface area contributed by atoms with Crippen LogP contribution in [0.15, 0.2) is 29.2 Å². The number of piperidine rings is 1. The van der Waals surface area contributed by atoms with Crippen molar-refractivity contribution >= 4 is 21.8 Å². The molecule has 2 aliphatic rings. The monoisotopic (exact) mass is 383 g/mol. The number of rotatable bonds is 3. The lowest BCUT2D eigenvalue weighted by atomic mass is 9.95. The van der Waals surface area contributed by atoms with E-state index in [9.17, 15) is 22.4 Å². The largest absolute Gasteiger partial charge is 0.353 e. The normalized spacial score (nSPS) is 22.9. The summed E-state index contributed by atoms with van der Waals surface area (Å²) in [5.41, 5.74) is 0. The molecule has 2 fully saturated rings. The minimum Gasteiger partial charge on any atom is -0.353 e. The SMILES string of the molecule is CC1C(=O)NCCN1C(=O)C1CCN(S(=O)(=O)c2ccc(F)cc2)CC1. The van der Waals surface area contributed by atoms with Crippen LogP contribution in [0.1, 0.15) is 19.8 Å². The topological polar surface area (TPSA) is 86.8 Å². The summed E-state index contributed by atoms with van der Waals surface area (Å²) in [6, 6.07) is 4.22. The van der Waals surface area contributed by atoms with Gasteiger partial charge in [-0.05, 0) is 44.0 Å². The summed E-state index contributed by atoms with van der Waals surface area (Å²) in [5, 5.41) is 2.72. The number of halogens is 1. The van der Waals surface area contributed by atoms with Crippen molar-refractivity contribution in [3.05, 3.63) is 30.1 Å². The number of hydrogen-bond donors (Lipinski definition) is 1. The third-order valence-electron chi connectivity index (χ3n) is 5.04. The zero-order chi connectivity index (χ0) is 18.9. The zero-order valence-electron chi connectivity index (χ0n) is 14.5. The number of carbonyl (C=O) groups is 2. The van der Waals surface area contributed by atoms with Crippen molar-refractivity contribution in [1.29, 1.82) is 0 Å². The van der Waals surface area contributed by atoms with Gasteiger partial charge >= 0.3 is 0 Å². The fourth-order valence-electron chi connectivity index (χ4n) is 3.42. The Kier molecular flexibility index (Phi) is 5.29. The van der Waals surface area contributed by atoms with Crippen molar-refractivity contribution < 1.29 is 22.4 Å². The van der Waals surface area contributed by atoms with Crippen LogP contribution in [-0.2, 0) is 19.6 Å². The summed E-state index contributed by atoms with van der Waals surface area (Å²) in [6.45, 7) is 3.06. The van der Waals surface area contributed by atoms with E-state index < -0.39 is 21.9 Å². The second-order valence-corrected chi connectivity index (χ2v) is 8.57. The number of nitrogens with zero attached hydrogens (tertiary/aromatic N) is 2. The van der Waals surface area contributed by atoms with Crippen LogP contribution in [0.3, 0.4) is 0 Å². The lowest BCUT2D eigenvalue weighted by Crippen LogP contribution is -2.57. The average Bonchev–Trinajstić information content (AvgIpc) is 2.64. The van der Waals surface area contributed by atoms with Crippen molar-refractivity contribution in [2.24, 2.45) is 5.92 Å². The molecule has 142 valence electrons. The predicted molar refractivity (Wildman–Crippen MR) is 92.1 cm³/mol. The standard InChI is InChI=1S/C17H22FN3O4S/c1-12-16(22)19-8-11-21(12)17(23)13-6-9-20(10-7-13)26(24,25)15-4-2-14(18)3-5-15/h2-5,12-13H,6-11H2,1H3,(H,19,22). The molecule has 9 heteroatoms. The molecule has 1 aromatic rings. The molecule has 0 aromatic heterocycles. The molecule has 0 radical (unpaired) electrons. The van der Waals surface area contributed by atoms with Crippen LogP contribution in [0.5, 0.6) is 0 Å². The Labute approximate surface area is 152 Å². The quantitative estimate of drug-likeness (QED) is 0.827. The zero-order valence-corrected chi connectivity index (χ0v) is 15.3. The van der Waals surface area contributed by atoms with Crippen LogP contribution in [0.25, 0.3) is 0 Å². The van der Waals surface area contributed by atoms with Gasteiger partial charge < -0.3 is 10.2 Å². The van der Waals surface area contributed by atoms with Gasteiger partial charge in [0.15, 0.2) is 0 Å². The highest BCUT2D eigenvalue weighted by molar-refractivity contribution is 7.89. The summed E-state index contributed by atoms with van der Waals surface area (Å²) in [7, 11) is -3.69. The number of benzene rings is 1. The Morgan fingerprint density at radius 3 is 2.38 bits per heavy atom. The number of amides is 2. The second-order valence-electron chi connectivity index (χ2n) is 6.63. The molecule has 0 aliphatic carbocycles. The van der Waals surface area contributed by atoms with E-state index in [2.05, 4.69) is 5.32 Å².